The lowest BCUT2D eigenvalue weighted by atomic mass is 10.1. The second kappa shape index (κ2) is 7.70. The van der Waals surface area contributed by atoms with Crippen LogP contribution < -0.4 is 0 Å². The fourth-order valence-corrected chi connectivity index (χ4v) is 5.29. The Bertz CT molecular complexity index is 2060. The highest BCUT2D eigenvalue weighted by Crippen LogP contribution is 2.38. The summed E-state index contributed by atoms with van der Waals surface area (Å²) < 4.78 is 14.7. The molecule has 8 aromatic rings. The van der Waals surface area contributed by atoms with E-state index < -0.39 is 0 Å². The molecule has 0 bridgehead atoms. The van der Waals surface area contributed by atoms with Crippen LogP contribution in [0.5, 0.6) is 0 Å². The first-order valence-electron chi connectivity index (χ1n) is 12.3. The van der Waals surface area contributed by atoms with Crippen LogP contribution in [0, 0.1) is 0 Å². The van der Waals surface area contributed by atoms with E-state index in [1.54, 1.807) is 0 Å². The zero-order valence-corrected chi connectivity index (χ0v) is 19.8. The van der Waals surface area contributed by atoms with Crippen LogP contribution in [-0.2, 0) is 0 Å². The van der Waals surface area contributed by atoms with Gasteiger partial charge in [-0.05, 0) is 60.7 Å². The highest BCUT2D eigenvalue weighted by molar-refractivity contribution is 6.09. The summed E-state index contributed by atoms with van der Waals surface area (Å²) in [4.78, 5) is 5.07. The molecule has 3 heterocycles. The fourth-order valence-electron chi connectivity index (χ4n) is 5.29. The number of furan rings is 2. The van der Waals surface area contributed by atoms with Crippen molar-refractivity contribution in [2.24, 2.45) is 0 Å². The predicted octanol–water partition coefficient (Wildman–Crippen LogP) is 9.01. The highest BCUT2D eigenvalue weighted by atomic mass is 16.3. The zero-order chi connectivity index (χ0) is 24.3. The molecule has 0 saturated heterocycles. The highest BCUT2D eigenvalue weighted by Gasteiger charge is 2.19. The summed E-state index contributed by atoms with van der Waals surface area (Å²) >= 11 is 0. The van der Waals surface area contributed by atoms with Gasteiger partial charge >= 0.3 is 0 Å². The number of rotatable bonds is 3. The standard InChI is InChI=1S/C33H20N2O2/c1-5-14-29-22(8-1)20-31(36-29)21-16-18-23(19-17-21)35-28-13-4-3-12-27(28)34-33(35)26-11-7-10-25-24-9-2-6-15-30(24)37-32(25)26/h1-20H. The van der Waals surface area contributed by atoms with Crippen LogP contribution in [0.15, 0.2) is 130 Å². The molecule has 37 heavy (non-hydrogen) atoms. The molecule has 0 aliphatic rings. The first-order chi connectivity index (χ1) is 18.3. The lowest BCUT2D eigenvalue weighted by Gasteiger charge is -2.10. The van der Waals surface area contributed by atoms with E-state index >= 15 is 0 Å². The summed E-state index contributed by atoms with van der Waals surface area (Å²) in [6.07, 6.45) is 0. The molecule has 0 unspecified atom stereocenters. The van der Waals surface area contributed by atoms with Crippen LogP contribution in [0.1, 0.15) is 0 Å². The number of aromatic nitrogens is 2. The maximum Gasteiger partial charge on any atom is 0.149 e. The lowest BCUT2D eigenvalue weighted by molar-refractivity contribution is 0.631. The molecule has 4 nitrogen and oxygen atoms in total. The second-order valence-electron chi connectivity index (χ2n) is 9.24. The fraction of sp³-hybridized carbons (Fsp3) is 0. The Morgan fingerprint density at radius 1 is 0.595 bits per heavy atom. The van der Waals surface area contributed by atoms with Crippen molar-refractivity contribution in [2.75, 3.05) is 0 Å². The monoisotopic (exact) mass is 476 g/mol. The first-order valence-corrected chi connectivity index (χ1v) is 12.3. The number of para-hydroxylation sites is 5. The van der Waals surface area contributed by atoms with E-state index in [2.05, 4.69) is 83.4 Å². The molecule has 0 radical (unpaired) electrons. The third-order valence-corrected chi connectivity index (χ3v) is 7.04. The molecular weight excluding hydrogens is 456 g/mol. The Hall–Kier alpha value is -5.09. The van der Waals surface area contributed by atoms with Crippen molar-refractivity contribution in [2.45, 2.75) is 0 Å². The molecule has 0 N–H and O–H groups in total. The van der Waals surface area contributed by atoms with Gasteiger partial charge in [-0.3, -0.25) is 4.57 Å². The molecule has 0 fully saturated rings. The number of fused-ring (bicyclic) bond motifs is 5. The number of imidazole rings is 1. The summed E-state index contributed by atoms with van der Waals surface area (Å²) in [7, 11) is 0. The minimum atomic E-state index is 0.846. The van der Waals surface area contributed by atoms with Gasteiger partial charge in [0, 0.05) is 27.4 Å². The molecule has 0 saturated carbocycles. The zero-order valence-electron chi connectivity index (χ0n) is 19.8. The van der Waals surface area contributed by atoms with Gasteiger partial charge in [-0.1, -0.05) is 60.7 Å². The van der Waals surface area contributed by atoms with Crippen molar-refractivity contribution in [1.82, 2.24) is 9.55 Å². The van der Waals surface area contributed by atoms with Gasteiger partial charge in [0.15, 0.2) is 0 Å². The molecule has 4 heteroatoms. The Morgan fingerprint density at radius 3 is 2.24 bits per heavy atom. The molecule has 0 amide bonds. The number of nitrogens with zero attached hydrogens (tertiary/aromatic N) is 2. The van der Waals surface area contributed by atoms with Crippen LogP contribution >= 0.6 is 0 Å². The van der Waals surface area contributed by atoms with Crippen molar-refractivity contribution in [3.63, 3.8) is 0 Å². The van der Waals surface area contributed by atoms with E-state index in [0.29, 0.717) is 0 Å². The van der Waals surface area contributed by atoms with Gasteiger partial charge < -0.3 is 8.83 Å². The molecule has 0 spiro atoms. The van der Waals surface area contributed by atoms with Gasteiger partial charge in [0.25, 0.3) is 0 Å². The molecule has 0 atom stereocenters. The minimum Gasteiger partial charge on any atom is -0.456 e. The summed E-state index contributed by atoms with van der Waals surface area (Å²) in [5.74, 6) is 1.71. The van der Waals surface area contributed by atoms with Crippen LogP contribution in [0.4, 0.5) is 0 Å². The lowest BCUT2D eigenvalue weighted by Crippen LogP contribution is -1.97. The quantitative estimate of drug-likeness (QED) is 0.255. The summed E-state index contributed by atoms with van der Waals surface area (Å²) in [5.41, 5.74) is 7.62. The topological polar surface area (TPSA) is 44.1 Å². The number of hydrogen-bond acceptors (Lipinski definition) is 3. The molecule has 8 rings (SSSR count). The summed E-state index contributed by atoms with van der Waals surface area (Å²) in [6.45, 7) is 0. The summed E-state index contributed by atoms with van der Waals surface area (Å²) in [5, 5.41) is 3.30. The average molecular weight is 477 g/mol. The average Bonchev–Trinajstić information content (AvgIpc) is 3.66. The van der Waals surface area contributed by atoms with E-state index in [1.807, 2.05) is 42.5 Å². The molecule has 0 aliphatic carbocycles. The molecule has 174 valence electrons. The normalized spacial score (nSPS) is 11.8. The number of hydrogen-bond donors (Lipinski definition) is 0. The van der Waals surface area contributed by atoms with E-state index in [9.17, 15) is 0 Å². The molecule has 0 aliphatic heterocycles. The maximum absolute atomic E-state index is 6.36. The van der Waals surface area contributed by atoms with Gasteiger partial charge in [0.1, 0.15) is 28.3 Å². The SMILES string of the molecule is c1ccc2oc(-c3ccc(-n4c(-c5cccc6c5oc5ccccc56)nc5ccccc54)cc3)cc2c1. The van der Waals surface area contributed by atoms with Crippen LogP contribution in [0.3, 0.4) is 0 Å². The third-order valence-electron chi connectivity index (χ3n) is 7.04. The van der Waals surface area contributed by atoms with Crippen molar-refractivity contribution >= 4 is 43.9 Å². The Morgan fingerprint density at radius 2 is 1.35 bits per heavy atom. The van der Waals surface area contributed by atoms with Crippen LogP contribution in [-0.4, -0.2) is 9.55 Å². The Labute approximate surface area is 212 Å². The Balaban J connectivity index is 1.33. The first kappa shape index (κ1) is 20.1. The van der Waals surface area contributed by atoms with Gasteiger partial charge in [-0.25, -0.2) is 4.98 Å². The van der Waals surface area contributed by atoms with Gasteiger partial charge in [0.05, 0.1) is 16.6 Å². The second-order valence-corrected chi connectivity index (χ2v) is 9.24. The van der Waals surface area contributed by atoms with Crippen molar-refractivity contribution < 1.29 is 8.83 Å². The van der Waals surface area contributed by atoms with Gasteiger partial charge in [-0.15, -0.1) is 0 Å². The van der Waals surface area contributed by atoms with Gasteiger partial charge in [0.2, 0.25) is 0 Å². The van der Waals surface area contributed by atoms with E-state index in [4.69, 9.17) is 13.8 Å². The molecule has 5 aromatic carbocycles. The van der Waals surface area contributed by atoms with E-state index in [1.165, 1.54) is 0 Å². The molecular formula is C33H20N2O2. The minimum absolute atomic E-state index is 0.846. The van der Waals surface area contributed by atoms with Crippen molar-refractivity contribution in [1.29, 1.82) is 0 Å². The van der Waals surface area contributed by atoms with E-state index in [0.717, 1.165) is 72.3 Å². The predicted molar refractivity (Wildman–Crippen MR) is 149 cm³/mol. The Kier molecular flexibility index (Phi) is 4.19. The maximum atomic E-state index is 6.36. The third kappa shape index (κ3) is 3.06. The van der Waals surface area contributed by atoms with E-state index in [-0.39, 0.29) is 0 Å². The summed E-state index contributed by atoms with van der Waals surface area (Å²) in [6, 6.07) is 41.3. The van der Waals surface area contributed by atoms with Crippen molar-refractivity contribution in [3.8, 4) is 28.4 Å². The smallest absolute Gasteiger partial charge is 0.149 e. The van der Waals surface area contributed by atoms with Gasteiger partial charge in [-0.2, -0.15) is 0 Å². The number of benzene rings is 5. The van der Waals surface area contributed by atoms with Crippen LogP contribution in [0.25, 0.3) is 72.3 Å². The van der Waals surface area contributed by atoms with Crippen molar-refractivity contribution in [3.05, 3.63) is 121 Å². The largest absolute Gasteiger partial charge is 0.456 e. The van der Waals surface area contributed by atoms with Crippen LogP contribution in [0.2, 0.25) is 0 Å². The molecule has 3 aromatic heterocycles.